The summed E-state index contributed by atoms with van der Waals surface area (Å²) in [5.41, 5.74) is 1.50. The Kier molecular flexibility index (Phi) is 21.0. The molecular formula is C18H36O6P2S2. The van der Waals surface area contributed by atoms with Crippen LogP contribution in [0.15, 0.2) is 30.3 Å². The van der Waals surface area contributed by atoms with Gasteiger partial charge in [-0.2, -0.15) is 0 Å². The van der Waals surface area contributed by atoms with Crippen LogP contribution in [0.4, 0.5) is 0 Å². The van der Waals surface area contributed by atoms with Gasteiger partial charge in [0.05, 0.1) is 0 Å². The molecule has 6 nitrogen and oxygen atoms in total. The molecule has 6 N–H and O–H groups in total. The molecular weight excluding hydrogens is 438 g/mol. The molecule has 0 atom stereocenters. The van der Waals surface area contributed by atoms with Gasteiger partial charge in [-0.05, 0) is 42.0 Å². The van der Waals surface area contributed by atoms with Crippen molar-refractivity contribution in [3.8, 4) is 0 Å². The lowest BCUT2D eigenvalue weighted by Gasteiger charge is -2.03. The summed E-state index contributed by atoms with van der Waals surface area (Å²) in [6.45, 7) is -5.33. The maximum Gasteiger partial charge on any atom is 0.319 e. The van der Waals surface area contributed by atoms with Crippen LogP contribution in [0.5, 0.6) is 0 Å². The van der Waals surface area contributed by atoms with Crippen molar-refractivity contribution in [1.29, 1.82) is 0 Å². The summed E-state index contributed by atoms with van der Waals surface area (Å²) in [7, 11) is 0. The van der Waals surface area contributed by atoms with Gasteiger partial charge in [-0.1, -0.05) is 95.0 Å². The number of benzene rings is 1. The summed E-state index contributed by atoms with van der Waals surface area (Å²) in [6.07, 6.45) is 15.5. The summed E-state index contributed by atoms with van der Waals surface area (Å²) >= 11 is 7.21. The van der Waals surface area contributed by atoms with Crippen molar-refractivity contribution in [2.24, 2.45) is 0 Å². The van der Waals surface area contributed by atoms with Gasteiger partial charge in [0.25, 0.3) is 0 Å². The fraction of sp³-hybridized carbons (Fsp3) is 0.667. The van der Waals surface area contributed by atoms with E-state index in [9.17, 15) is 0 Å². The Morgan fingerprint density at radius 1 is 0.607 bits per heavy atom. The van der Waals surface area contributed by atoms with Gasteiger partial charge in [-0.15, -0.1) is 0 Å². The first kappa shape index (κ1) is 30.5. The van der Waals surface area contributed by atoms with E-state index in [2.05, 4.69) is 60.9 Å². The average Bonchev–Trinajstić information content (AvgIpc) is 2.54. The average molecular weight is 475 g/mol. The summed E-state index contributed by atoms with van der Waals surface area (Å²) < 4.78 is 0. The number of hydrogen-bond acceptors (Lipinski definition) is 2. The molecule has 0 saturated carbocycles. The van der Waals surface area contributed by atoms with Crippen molar-refractivity contribution in [2.75, 3.05) is 0 Å². The lowest BCUT2D eigenvalue weighted by atomic mass is 10.0. The van der Waals surface area contributed by atoms with E-state index in [1.54, 1.807) is 0 Å². The Bertz CT molecular complexity index is 512. The Labute approximate surface area is 179 Å². The molecule has 28 heavy (non-hydrogen) atoms. The number of unbranched alkanes of at least 4 members (excludes halogenated alkanes) is 9. The first-order valence-corrected chi connectivity index (χ1v) is 14.9. The van der Waals surface area contributed by atoms with Crippen LogP contribution in [0.3, 0.4) is 0 Å². The van der Waals surface area contributed by atoms with Gasteiger partial charge in [-0.25, -0.2) is 0 Å². The molecule has 0 aliphatic heterocycles. The Morgan fingerprint density at radius 2 is 0.929 bits per heavy atom. The van der Waals surface area contributed by atoms with Crippen molar-refractivity contribution >= 4 is 37.1 Å². The molecule has 0 unspecified atom stereocenters. The predicted molar refractivity (Wildman–Crippen MR) is 124 cm³/mol. The largest absolute Gasteiger partial charge is 0.325 e. The summed E-state index contributed by atoms with van der Waals surface area (Å²) in [6, 6.07) is 10.9. The molecule has 0 radical (unpaired) electrons. The van der Waals surface area contributed by atoms with Crippen LogP contribution in [0.25, 0.3) is 0 Å². The minimum absolute atomic E-state index is 1.26. The second kappa shape index (κ2) is 19.3. The van der Waals surface area contributed by atoms with Crippen molar-refractivity contribution in [3.63, 3.8) is 0 Å². The normalized spacial score (nSPS) is 11.1. The van der Waals surface area contributed by atoms with Crippen LogP contribution in [0.2, 0.25) is 0 Å². The van der Waals surface area contributed by atoms with Crippen molar-refractivity contribution < 1.29 is 29.4 Å². The van der Waals surface area contributed by atoms with E-state index in [1.807, 2.05) is 0 Å². The Morgan fingerprint density at radius 3 is 1.29 bits per heavy atom. The fourth-order valence-electron chi connectivity index (χ4n) is 2.46. The van der Waals surface area contributed by atoms with E-state index in [0.717, 1.165) is 0 Å². The zero-order chi connectivity index (χ0) is 21.9. The van der Waals surface area contributed by atoms with E-state index in [0.29, 0.717) is 0 Å². The number of rotatable bonds is 11. The standard InChI is InChI=1S/C18H30.2H3O3PS/c1-2-3-4-5-6-7-8-9-10-12-15-18-16-13-11-14-17-18;2*1-4(2,3)5/h11,13-14,16-17H,2-10,12,15H2,1H3;2*(H3,1,2,3,5). The molecule has 0 saturated heterocycles. The number of hydrogen-bond donors (Lipinski definition) is 6. The predicted octanol–water partition coefficient (Wildman–Crippen LogP) is 4.53. The van der Waals surface area contributed by atoms with Crippen LogP contribution >= 0.6 is 13.4 Å². The van der Waals surface area contributed by atoms with E-state index < -0.39 is 13.4 Å². The summed E-state index contributed by atoms with van der Waals surface area (Å²) in [4.78, 5) is 45.3. The lowest BCUT2D eigenvalue weighted by Crippen LogP contribution is -1.86. The van der Waals surface area contributed by atoms with Gasteiger partial charge in [0.15, 0.2) is 0 Å². The molecule has 0 aliphatic carbocycles. The first-order chi connectivity index (χ1) is 12.9. The summed E-state index contributed by atoms with van der Waals surface area (Å²) in [5.74, 6) is 0. The number of aryl methyl sites for hydroxylation is 1. The monoisotopic (exact) mass is 474 g/mol. The Hall–Kier alpha value is 0.280. The molecule has 0 spiro atoms. The molecule has 0 bridgehead atoms. The summed E-state index contributed by atoms with van der Waals surface area (Å²) in [5, 5.41) is 0. The lowest BCUT2D eigenvalue weighted by molar-refractivity contribution is 0.361. The molecule has 10 heteroatoms. The van der Waals surface area contributed by atoms with Crippen LogP contribution in [0, 0.1) is 0 Å². The molecule has 0 heterocycles. The molecule has 1 rings (SSSR count). The maximum absolute atomic E-state index is 7.56. The van der Waals surface area contributed by atoms with E-state index in [-0.39, 0.29) is 0 Å². The van der Waals surface area contributed by atoms with Crippen molar-refractivity contribution in [3.05, 3.63) is 35.9 Å². The highest BCUT2D eigenvalue weighted by Gasteiger charge is 1.94. The van der Waals surface area contributed by atoms with E-state index in [4.69, 9.17) is 29.4 Å². The molecule has 0 amide bonds. The van der Waals surface area contributed by atoms with Gasteiger partial charge in [0, 0.05) is 0 Å². The smallest absolute Gasteiger partial charge is 0.319 e. The van der Waals surface area contributed by atoms with E-state index in [1.165, 1.54) is 76.2 Å². The molecule has 1 aromatic rings. The van der Waals surface area contributed by atoms with Gasteiger partial charge in [0.2, 0.25) is 0 Å². The molecule has 0 aliphatic rings. The second-order valence-electron chi connectivity index (χ2n) is 6.44. The van der Waals surface area contributed by atoms with Crippen molar-refractivity contribution in [2.45, 2.75) is 77.6 Å². The molecule has 0 aromatic heterocycles. The van der Waals surface area contributed by atoms with Gasteiger partial charge >= 0.3 is 13.4 Å². The Balaban J connectivity index is 0. The second-order valence-corrected chi connectivity index (χ2v) is 11.4. The van der Waals surface area contributed by atoms with Crippen LogP contribution in [-0.4, -0.2) is 29.4 Å². The molecule has 0 fully saturated rings. The van der Waals surface area contributed by atoms with Gasteiger partial charge < -0.3 is 29.4 Å². The first-order valence-electron chi connectivity index (χ1n) is 9.54. The minimum atomic E-state index is -3.81. The zero-order valence-electron chi connectivity index (χ0n) is 16.6. The van der Waals surface area contributed by atoms with Crippen LogP contribution < -0.4 is 0 Å². The van der Waals surface area contributed by atoms with Crippen molar-refractivity contribution in [1.82, 2.24) is 0 Å². The maximum atomic E-state index is 7.56. The third-order valence-electron chi connectivity index (χ3n) is 3.66. The van der Waals surface area contributed by atoms with Crippen LogP contribution in [0.1, 0.15) is 76.7 Å². The molecule has 1 aromatic carbocycles. The van der Waals surface area contributed by atoms with Crippen LogP contribution in [-0.2, 0) is 30.0 Å². The highest BCUT2D eigenvalue weighted by Crippen LogP contribution is 2.27. The highest BCUT2D eigenvalue weighted by molar-refractivity contribution is 8.06. The minimum Gasteiger partial charge on any atom is -0.325 e. The highest BCUT2D eigenvalue weighted by atomic mass is 32.5. The van der Waals surface area contributed by atoms with E-state index >= 15 is 0 Å². The zero-order valence-corrected chi connectivity index (χ0v) is 20.0. The third-order valence-corrected chi connectivity index (χ3v) is 3.66. The topological polar surface area (TPSA) is 121 Å². The SMILES string of the molecule is CCCCCCCCCCCCc1ccccc1.OP(O)(O)=S.OP(O)(O)=S. The quantitative estimate of drug-likeness (QED) is 0.204. The third kappa shape index (κ3) is 40.8. The van der Waals surface area contributed by atoms with Gasteiger partial charge in [0.1, 0.15) is 0 Å². The fourth-order valence-corrected chi connectivity index (χ4v) is 2.46. The molecule has 166 valence electrons. The van der Waals surface area contributed by atoms with Gasteiger partial charge in [-0.3, -0.25) is 0 Å².